The predicted molar refractivity (Wildman–Crippen MR) is 77.3 cm³/mol. The minimum absolute atomic E-state index is 0.141. The molecule has 7 heteroatoms. The predicted octanol–water partition coefficient (Wildman–Crippen LogP) is 4.54. The van der Waals surface area contributed by atoms with Crippen molar-refractivity contribution in [3.63, 3.8) is 0 Å². The van der Waals surface area contributed by atoms with Crippen molar-refractivity contribution in [3.8, 4) is 11.6 Å². The normalized spacial score (nSPS) is 10.4. The van der Waals surface area contributed by atoms with E-state index in [1.807, 2.05) is 6.92 Å². The third-order valence-corrected chi connectivity index (χ3v) is 2.90. The summed E-state index contributed by atoms with van der Waals surface area (Å²) in [4.78, 5) is 8.17. The monoisotopic (exact) mass is 315 g/mol. The van der Waals surface area contributed by atoms with Crippen LogP contribution in [0, 0.1) is 5.82 Å². The van der Waals surface area contributed by atoms with Gasteiger partial charge < -0.3 is 10.1 Å². The number of hydrogen-bond donors (Lipinski definition) is 1. The standard InChI is InChI=1S/C13H12Cl2FN3O/c1-2-5-17-13-18-7-10(15)12(19-13)20-11-4-3-8(16)6-9(11)14/h3-4,6-7H,2,5H2,1H3,(H,17,18,19). The van der Waals surface area contributed by atoms with Gasteiger partial charge in [0.25, 0.3) is 0 Å². The van der Waals surface area contributed by atoms with E-state index >= 15 is 0 Å². The fourth-order valence-corrected chi connectivity index (χ4v) is 1.74. The van der Waals surface area contributed by atoms with E-state index < -0.39 is 5.82 Å². The first-order chi connectivity index (χ1) is 9.60. The summed E-state index contributed by atoms with van der Waals surface area (Å²) in [5, 5.41) is 3.40. The van der Waals surface area contributed by atoms with Gasteiger partial charge in [0, 0.05) is 6.54 Å². The number of hydrogen-bond acceptors (Lipinski definition) is 4. The molecule has 0 radical (unpaired) electrons. The third-order valence-electron chi connectivity index (χ3n) is 2.35. The summed E-state index contributed by atoms with van der Waals surface area (Å²) < 4.78 is 18.5. The van der Waals surface area contributed by atoms with E-state index in [4.69, 9.17) is 27.9 Å². The van der Waals surface area contributed by atoms with Gasteiger partial charge in [-0.25, -0.2) is 9.37 Å². The Kier molecular flexibility index (Phi) is 4.98. The molecular formula is C13H12Cl2FN3O. The smallest absolute Gasteiger partial charge is 0.243 e. The summed E-state index contributed by atoms with van der Waals surface area (Å²) in [6, 6.07) is 3.81. The highest BCUT2D eigenvalue weighted by Crippen LogP contribution is 2.32. The number of ether oxygens (including phenoxy) is 1. The molecule has 1 heterocycles. The van der Waals surface area contributed by atoms with E-state index in [2.05, 4.69) is 15.3 Å². The second-order valence-electron chi connectivity index (χ2n) is 3.95. The highest BCUT2D eigenvalue weighted by Gasteiger charge is 2.10. The zero-order valence-corrected chi connectivity index (χ0v) is 12.2. The second-order valence-corrected chi connectivity index (χ2v) is 4.76. The van der Waals surface area contributed by atoms with Gasteiger partial charge in [0.1, 0.15) is 16.6 Å². The minimum atomic E-state index is -0.443. The van der Waals surface area contributed by atoms with Gasteiger partial charge in [-0.2, -0.15) is 4.98 Å². The minimum Gasteiger partial charge on any atom is -0.436 e. The van der Waals surface area contributed by atoms with Gasteiger partial charge >= 0.3 is 0 Å². The van der Waals surface area contributed by atoms with Crippen molar-refractivity contribution in [3.05, 3.63) is 40.3 Å². The zero-order valence-electron chi connectivity index (χ0n) is 10.7. The number of nitrogens with one attached hydrogen (secondary N) is 1. The maximum Gasteiger partial charge on any atom is 0.243 e. The van der Waals surface area contributed by atoms with E-state index in [0.717, 1.165) is 19.0 Å². The van der Waals surface area contributed by atoms with Crippen LogP contribution >= 0.6 is 23.2 Å². The molecule has 0 fully saturated rings. The van der Waals surface area contributed by atoms with Crippen LogP contribution in [0.1, 0.15) is 13.3 Å². The van der Waals surface area contributed by atoms with Crippen molar-refractivity contribution in [2.24, 2.45) is 0 Å². The fraction of sp³-hybridized carbons (Fsp3) is 0.231. The largest absolute Gasteiger partial charge is 0.436 e. The van der Waals surface area contributed by atoms with Crippen molar-refractivity contribution in [1.82, 2.24) is 9.97 Å². The van der Waals surface area contributed by atoms with Gasteiger partial charge in [-0.15, -0.1) is 0 Å². The van der Waals surface area contributed by atoms with Crippen LogP contribution in [0.2, 0.25) is 10.0 Å². The van der Waals surface area contributed by atoms with Gasteiger partial charge in [0.15, 0.2) is 0 Å². The summed E-state index contributed by atoms with van der Waals surface area (Å²) in [5.74, 6) is 0.398. The third kappa shape index (κ3) is 3.71. The highest BCUT2D eigenvalue weighted by molar-refractivity contribution is 6.32. The maximum absolute atomic E-state index is 13.0. The molecule has 4 nitrogen and oxygen atoms in total. The number of aromatic nitrogens is 2. The average molecular weight is 316 g/mol. The van der Waals surface area contributed by atoms with Crippen LogP contribution in [-0.4, -0.2) is 16.5 Å². The second kappa shape index (κ2) is 6.72. The van der Waals surface area contributed by atoms with Crippen molar-refractivity contribution in [2.45, 2.75) is 13.3 Å². The molecule has 20 heavy (non-hydrogen) atoms. The summed E-state index contributed by atoms with van der Waals surface area (Å²) in [6.45, 7) is 2.76. The number of benzene rings is 1. The molecule has 0 saturated carbocycles. The van der Waals surface area contributed by atoms with Crippen LogP contribution in [-0.2, 0) is 0 Å². The number of rotatable bonds is 5. The lowest BCUT2D eigenvalue weighted by molar-refractivity contribution is 0.461. The van der Waals surface area contributed by atoms with Gasteiger partial charge in [-0.1, -0.05) is 30.1 Å². The van der Waals surface area contributed by atoms with E-state index in [9.17, 15) is 4.39 Å². The number of nitrogens with zero attached hydrogens (tertiary/aromatic N) is 2. The Labute approximate surface area is 125 Å². The van der Waals surface area contributed by atoms with Gasteiger partial charge in [0.05, 0.1) is 11.2 Å². The molecule has 106 valence electrons. The Bertz CT molecular complexity index is 610. The molecule has 2 aromatic rings. The van der Waals surface area contributed by atoms with Crippen LogP contribution < -0.4 is 10.1 Å². The van der Waals surface area contributed by atoms with E-state index in [-0.39, 0.29) is 21.7 Å². The van der Waals surface area contributed by atoms with Crippen LogP contribution in [0.5, 0.6) is 11.6 Å². The lowest BCUT2D eigenvalue weighted by Gasteiger charge is -2.09. The van der Waals surface area contributed by atoms with Gasteiger partial charge in [0.2, 0.25) is 11.8 Å². The molecule has 1 aromatic heterocycles. The summed E-state index contributed by atoms with van der Waals surface area (Å²) in [7, 11) is 0. The summed E-state index contributed by atoms with van der Waals surface area (Å²) >= 11 is 11.9. The Morgan fingerprint density at radius 2 is 2.10 bits per heavy atom. The van der Waals surface area contributed by atoms with E-state index in [1.165, 1.54) is 18.3 Å². The molecule has 1 aromatic carbocycles. The molecule has 0 atom stereocenters. The molecule has 0 amide bonds. The molecule has 0 bridgehead atoms. The summed E-state index contributed by atoms with van der Waals surface area (Å²) in [5.41, 5.74) is 0. The molecule has 0 unspecified atom stereocenters. The Morgan fingerprint density at radius 3 is 2.80 bits per heavy atom. The van der Waals surface area contributed by atoms with Gasteiger partial charge in [-0.05, 0) is 24.6 Å². The topological polar surface area (TPSA) is 47.0 Å². The SMILES string of the molecule is CCCNc1ncc(Cl)c(Oc2ccc(F)cc2Cl)n1. The molecule has 0 spiro atoms. The first-order valence-corrected chi connectivity index (χ1v) is 6.75. The molecule has 1 N–H and O–H groups in total. The first kappa shape index (κ1) is 14.8. The van der Waals surface area contributed by atoms with Crippen molar-refractivity contribution in [2.75, 3.05) is 11.9 Å². The zero-order chi connectivity index (χ0) is 14.5. The van der Waals surface area contributed by atoms with Gasteiger partial charge in [-0.3, -0.25) is 0 Å². The average Bonchev–Trinajstić information content (AvgIpc) is 2.42. The molecular weight excluding hydrogens is 304 g/mol. The number of halogens is 3. The van der Waals surface area contributed by atoms with E-state index in [1.54, 1.807) is 0 Å². The van der Waals surface area contributed by atoms with Crippen LogP contribution in [0.25, 0.3) is 0 Å². The van der Waals surface area contributed by atoms with Crippen molar-refractivity contribution >= 4 is 29.2 Å². The first-order valence-electron chi connectivity index (χ1n) is 5.99. The lowest BCUT2D eigenvalue weighted by atomic mass is 10.3. The van der Waals surface area contributed by atoms with E-state index in [0.29, 0.717) is 5.95 Å². The number of anilines is 1. The lowest BCUT2D eigenvalue weighted by Crippen LogP contribution is -2.05. The highest BCUT2D eigenvalue weighted by atomic mass is 35.5. The summed E-state index contributed by atoms with van der Waals surface area (Å²) in [6.07, 6.45) is 2.37. The van der Waals surface area contributed by atoms with Crippen LogP contribution in [0.3, 0.4) is 0 Å². The quantitative estimate of drug-likeness (QED) is 0.880. The molecule has 0 saturated heterocycles. The Morgan fingerprint density at radius 1 is 1.30 bits per heavy atom. The Balaban J connectivity index is 2.23. The van der Waals surface area contributed by atoms with Crippen molar-refractivity contribution in [1.29, 1.82) is 0 Å². The van der Waals surface area contributed by atoms with Crippen molar-refractivity contribution < 1.29 is 9.13 Å². The Hall–Kier alpha value is -1.59. The maximum atomic E-state index is 13.0. The molecule has 0 aliphatic rings. The van der Waals surface area contributed by atoms with Crippen LogP contribution in [0.15, 0.2) is 24.4 Å². The van der Waals surface area contributed by atoms with Crippen LogP contribution in [0.4, 0.5) is 10.3 Å². The molecule has 0 aliphatic carbocycles. The fourth-order valence-electron chi connectivity index (χ4n) is 1.41. The molecule has 0 aliphatic heterocycles. The molecule has 2 rings (SSSR count).